The van der Waals surface area contributed by atoms with Gasteiger partial charge in [0, 0.05) is 37.8 Å². The van der Waals surface area contributed by atoms with E-state index in [0.29, 0.717) is 24.4 Å². The Bertz CT molecular complexity index is 480. The molecular weight excluding hydrogens is 280 g/mol. The highest BCUT2D eigenvalue weighted by atomic mass is 16.5. The van der Waals surface area contributed by atoms with Gasteiger partial charge in [0.15, 0.2) is 0 Å². The fourth-order valence-corrected chi connectivity index (χ4v) is 3.73. The molecule has 1 aliphatic heterocycles. The van der Waals surface area contributed by atoms with Crippen LogP contribution in [0.2, 0.25) is 0 Å². The Morgan fingerprint density at radius 2 is 2.14 bits per heavy atom. The minimum absolute atomic E-state index is 0.112. The Kier molecular flexibility index (Phi) is 4.85. The molecule has 0 bridgehead atoms. The van der Waals surface area contributed by atoms with Crippen LogP contribution >= 0.6 is 0 Å². The van der Waals surface area contributed by atoms with E-state index in [9.17, 15) is 0 Å². The van der Waals surface area contributed by atoms with Gasteiger partial charge in [0.2, 0.25) is 0 Å². The number of hydrogen-bond donors (Lipinski definition) is 2. The maximum atomic E-state index is 8.94. The minimum atomic E-state index is 0.112. The number of rotatable bonds is 6. The van der Waals surface area contributed by atoms with Crippen LogP contribution in [-0.2, 0) is 17.6 Å². The van der Waals surface area contributed by atoms with E-state index in [2.05, 4.69) is 24.3 Å². The molecule has 22 heavy (non-hydrogen) atoms. The lowest BCUT2D eigenvalue weighted by Crippen LogP contribution is -2.60. The van der Waals surface area contributed by atoms with Crippen molar-refractivity contribution in [2.45, 2.75) is 58.0 Å². The summed E-state index contributed by atoms with van der Waals surface area (Å²) in [4.78, 5) is 0. The van der Waals surface area contributed by atoms with Gasteiger partial charge >= 0.3 is 0 Å². The average Bonchev–Trinajstić information content (AvgIpc) is 2.95. The first kappa shape index (κ1) is 16.0. The molecule has 3 rings (SSSR count). The topological polar surface area (TPSA) is 67.5 Å². The maximum absolute atomic E-state index is 8.94. The zero-order valence-corrected chi connectivity index (χ0v) is 13.7. The third kappa shape index (κ3) is 3.36. The average molecular weight is 308 g/mol. The maximum Gasteiger partial charge on any atom is 0.139 e. The summed E-state index contributed by atoms with van der Waals surface area (Å²) in [7, 11) is 0. The van der Waals surface area contributed by atoms with Gasteiger partial charge in [-0.3, -0.25) is 0 Å². The molecule has 2 atom stereocenters. The van der Waals surface area contributed by atoms with Gasteiger partial charge in [-0.05, 0) is 37.0 Å². The largest absolute Gasteiger partial charge is 0.396 e. The molecule has 2 unspecified atom stereocenters. The Balaban J connectivity index is 1.51. The second-order valence-electron chi connectivity index (χ2n) is 7.32. The molecule has 0 spiro atoms. The zero-order chi connectivity index (χ0) is 15.6. The van der Waals surface area contributed by atoms with Crippen molar-refractivity contribution in [2.75, 3.05) is 19.8 Å². The fourth-order valence-electron chi connectivity index (χ4n) is 3.73. The third-order valence-electron chi connectivity index (χ3n) is 5.55. The quantitative estimate of drug-likeness (QED) is 0.840. The van der Waals surface area contributed by atoms with E-state index in [-0.39, 0.29) is 12.0 Å². The molecule has 0 amide bonds. The summed E-state index contributed by atoms with van der Waals surface area (Å²) in [5, 5.41) is 16.9. The lowest BCUT2D eigenvalue weighted by molar-refractivity contribution is -0.00757. The van der Waals surface area contributed by atoms with E-state index < -0.39 is 0 Å². The zero-order valence-electron chi connectivity index (χ0n) is 13.7. The van der Waals surface area contributed by atoms with Gasteiger partial charge in [0.05, 0.1) is 12.3 Å². The van der Waals surface area contributed by atoms with Crippen molar-refractivity contribution in [3.05, 3.63) is 17.5 Å². The molecule has 5 heteroatoms. The van der Waals surface area contributed by atoms with Gasteiger partial charge < -0.3 is 19.7 Å². The first-order valence-electron chi connectivity index (χ1n) is 8.48. The molecule has 2 aliphatic rings. The smallest absolute Gasteiger partial charge is 0.139 e. The van der Waals surface area contributed by atoms with Crippen LogP contribution in [0.5, 0.6) is 0 Å². The van der Waals surface area contributed by atoms with Crippen LogP contribution < -0.4 is 5.32 Å². The molecule has 2 fully saturated rings. The van der Waals surface area contributed by atoms with Crippen LogP contribution in [0.25, 0.3) is 0 Å². The Labute approximate surface area is 132 Å². The van der Waals surface area contributed by atoms with Crippen LogP contribution in [-0.4, -0.2) is 42.2 Å². The molecule has 124 valence electrons. The monoisotopic (exact) mass is 308 g/mol. The van der Waals surface area contributed by atoms with E-state index in [4.69, 9.17) is 14.4 Å². The number of aliphatic hydroxyl groups is 1. The van der Waals surface area contributed by atoms with Gasteiger partial charge in [0.1, 0.15) is 5.76 Å². The first-order valence-corrected chi connectivity index (χ1v) is 8.48. The Morgan fingerprint density at radius 3 is 2.82 bits per heavy atom. The number of hydrogen-bond acceptors (Lipinski definition) is 5. The summed E-state index contributed by atoms with van der Waals surface area (Å²) in [6.45, 7) is 6.60. The summed E-state index contributed by atoms with van der Waals surface area (Å²) < 4.78 is 10.7. The molecule has 0 aromatic carbocycles. The van der Waals surface area contributed by atoms with Crippen molar-refractivity contribution in [1.82, 2.24) is 10.5 Å². The van der Waals surface area contributed by atoms with Gasteiger partial charge in [-0.25, -0.2) is 0 Å². The van der Waals surface area contributed by atoms with Crippen molar-refractivity contribution >= 4 is 0 Å². The molecule has 2 N–H and O–H groups in total. The molecule has 2 heterocycles. The summed E-state index contributed by atoms with van der Waals surface area (Å²) in [5.74, 6) is 1.42. The molecule has 1 aromatic heterocycles. The van der Waals surface area contributed by atoms with Crippen molar-refractivity contribution < 1.29 is 14.4 Å². The van der Waals surface area contributed by atoms with E-state index >= 15 is 0 Å². The second kappa shape index (κ2) is 6.69. The summed E-state index contributed by atoms with van der Waals surface area (Å²) in [5.41, 5.74) is 1.31. The Morgan fingerprint density at radius 1 is 1.36 bits per heavy atom. The molecule has 1 aromatic rings. The lowest BCUT2D eigenvalue weighted by atomic mass is 9.57. The SMILES string of the molecule is CC1(C)C(Cc2cc(CCO)on2)CC1NC1CCOCC1. The van der Waals surface area contributed by atoms with Crippen LogP contribution in [0.1, 0.15) is 44.6 Å². The van der Waals surface area contributed by atoms with E-state index in [0.717, 1.165) is 43.9 Å². The van der Waals surface area contributed by atoms with E-state index in [1.807, 2.05) is 6.07 Å². The molecular formula is C17H28N2O3. The number of nitrogens with one attached hydrogen (secondary N) is 1. The van der Waals surface area contributed by atoms with Crippen molar-refractivity contribution in [1.29, 1.82) is 0 Å². The minimum Gasteiger partial charge on any atom is -0.396 e. The Hall–Kier alpha value is -0.910. The number of aromatic nitrogens is 1. The van der Waals surface area contributed by atoms with Crippen molar-refractivity contribution in [3.8, 4) is 0 Å². The highest BCUT2D eigenvalue weighted by Crippen LogP contribution is 2.48. The third-order valence-corrected chi connectivity index (χ3v) is 5.55. The molecule has 0 radical (unpaired) electrons. The predicted octanol–water partition coefficient (Wildman–Crippen LogP) is 1.94. The van der Waals surface area contributed by atoms with E-state index in [1.54, 1.807) is 0 Å². The molecule has 1 saturated heterocycles. The number of ether oxygens (including phenoxy) is 1. The molecule has 5 nitrogen and oxygen atoms in total. The predicted molar refractivity (Wildman–Crippen MR) is 83.6 cm³/mol. The van der Waals surface area contributed by atoms with Gasteiger partial charge in [0.25, 0.3) is 0 Å². The first-order chi connectivity index (χ1) is 10.6. The fraction of sp³-hybridized carbons (Fsp3) is 0.824. The van der Waals surface area contributed by atoms with Gasteiger partial charge in [-0.2, -0.15) is 0 Å². The van der Waals surface area contributed by atoms with Gasteiger partial charge in [-0.15, -0.1) is 0 Å². The van der Waals surface area contributed by atoms with Gasteiger partial charge in [-0.1, -0.05) is 19.0 Å². The van der Waals surface area contributed by atoms with Crippen LogP contribution in [0.15, 0.2) is 10.6 Å². The van der Waals surface area contributed by atoms with Crippen LogP contribution in [0, 0.1) is 11.3 Å². The number of aliphatic hydroxyl groups excluding tert-OH is 1. The van der Waals surface area contributed by atoms with E-state index in [1.165, 1.54) is 6.42 Å². The highest BCUT2D eigenvalue weighted by Gasteiger charge is 2.48. The number of nitrogens with zero attached hydrogens (tertiary/aromatic N) is 1. The van der Waals surface area contributed by atoms with Crippen molar-refractivity contribution in [2.24, 2.45) is 11.3 Å². The summed E-state index contributed by atoms with van der Waals surface area (Å²) in [6, 6.07) is 3.19. The highest BCUT2D eigenvalue weighted by molar-refractivity contribution is 5.11. The normalized spacial score (nSPS) is 28.5. The molecule has 1 saturated carbocycles. The molecule has 1 aliphatic carbocycles. The summed E-state index contributed by atoms with van der Waals surface area (Å²) >= 11 is 0. The second-order valence-corrected chi connectivity index (χ2v) is 7.32. The lowest BCUT2D eigenvalue weighted by Gasteiger charge is -2.54. The van der Waals surface area contributed by atoms with Crippen LogP contribution in [0.4, 0.5) is 0 Å². The standard InChI is InChI=1S/C17H28N2O3/c1-17(2)12(9-14-11-15(3-6-20)22-19-14)10-16(17)18-13-4-7-21-8-5-13/h11-13,16,18,20H,3-10H2,1-2H3. The van der Waals surface area contributed by atoms with Crippen molar-refractivity contribution in [3.63, 3.8) is 0 Å². The van der Waals surface area contributed by atoms with Crippen LogP contribution in [0.3, 0.4) is 0 Å². The summed E-state index contributed by atoms with van der Waals surface area (Å²) in [6.07, 6.45) is 4.98.